The summed E-state index contributed by atoms with van der Waals surface area (Å²) in [7, 11) is 0. The number of hydrogen-bond donors (Lipinski definition) is 0. The lowest BCUT2D eigenvalue weighted by atomic mass is 10.5. The highest BCUT2D eigenvalue weighted by atomic mass is 32.2. The zero-order valence-electron chi connectivity index (χ0n) is 4.31. The number of thioether (sulfide) groups is 1. The van der Waals surface area contributed by atoms with E-state index in [2.05, 4.69) is 6.58 Å². The molecule has 0 spiro atoms. The summed E-state index contributed by atoms with van der Waals surface area (Å²) in [5, 5.41) is 0. The molecule has 40 valence electrons. The molecule has 0 amide bonds. The minimum Gasteiger partial charge on any atom is -0.122 e. The smallest absolute Gasteiger partial charge is 0.0513 e. The summed E-state index contributed by atoms with van der Waals surface area (Å²) >= 11 is 6.46. The van der Waals surface area contributed by atoms with Crippen molar-refractivity contribution < 1.29 is 0 Å². The van der Waals surface area contributed by atoms with E-state index in [0.29, 0.717) is 0 Å². The molecule has 0 aliphatic heterocycles. The van der Waals surface area contributed by atoms with E-state index in [1.54, 1.807) is 11.8 Å². The van der Waals surface area contributed by atoms with Crippen LogP contribution in [0.25, 0.3) is 0 Å². The highest BCUT2D eigenvalue weighted by Gasteiger charge is 1.84. The van der Waals surface area contributed by atoms with Gasteiger partial charge in [0, 0.05) is 6.42 Å². The van der Waals surface area contributed by atoms with E-state index in [-0.39, 0.29) is 0 Å². The van der Waals surface area contributed by atoms with Crippen LogP contribution in [0.5, 0.6) is 0 Å². The Labute approximate surface area is 54.0 Å². The van der Waals surface area contributed by atoms with Crippen molar-refractivity contribution in [2.24, 2.45) is 0 Å². The Balaban J connectivity index is 3.17. The minimum atomic E-state index is 0.858. The number of hydrogen-bond acceptors (Lipinski definition) is 2. The van der Waals surface area contributed by atoms with Crippen LogP contribution in [0.1, 0.15) is 6.42 Å². The second-order valence-corrected chi connectivity index (χ2v) is 2.72. The minimum absolute atomic E-state index is 0.858. The average Bonchev–Trinajstić information content (AvgIpc) is 1.68. The molecule has 0 aromatic heterocycles. The molecule has 0 rings (SSSR count). The molecule has 0 aromatic carbocycles. The molecule has 2 heteroatoms. The summed E-state index contributed by atoms with van der Waals surface area (Å²) in [6, 6.07) is 0. The van der Waals surface area contributed by atoms with Gasteiger partial charge in [-0.15, -0.1) is 18.3 Å². The van der Waals surface area contributed by atoms with Crippen LogP contribution in [0.4, 0.5) is 0 Å². The number of thiocarbonyl (C=S) groups is 1. The molecule has 7 heavy (non-hydrogen) atoms. The van der Waals surface area contributed by atoms with Crippen LogP contribution in [0.2, 0.25) is 0 Å². The lowest BCUT2D eigenvalue weighted by Crippen LogP contribution is -1.79. The predicted molar refractivity (Wildman–Crippen MR) is 40.9 cm³/mol. The summed E-state index contributed by atoms with van der Waals surface area (Å²) < 4.78 is 1.01. The van der Waals surface area contributed by atoms with E-state index in [1.807, 2.05) is 12.3 Å². The maximum atomic E-state index is 4.85. The molecule has 0 atom stereocenters. The molecule has 0 aliphatic carbocycles. The van der Waals surface area contributed by atoms with Crippen LogP contribution in [0.3, 0.4) is 0 Å². The molecule has 0 radical (unpaired) electrons. The molecule has 0 saturated heterocycles. The highest BCUT2D eigenvalue weighted by molar-refractivity contribution is 8.22. The van der Waals surface area contributed by atoms with Gasteiger partial charge in [-0.25, -0.2) is 0 Å². The summed E-state index contributed by atoms with van der Waals surface area (Å²) in [5.74, 6) is 0. The average molecular weight is 132 g/mol. The highest BCUT2D eigenvalue weighted by Crippen LogP contribution is 2.01. The Hall–Kier alpha value is 0.180. The predicted octanol–water partition coefficient (Wildman–Crippen LogP) is 2.25. The largest absolute Gasteiger partial charge is 0.122 e. The summed E-state index contributed by atoms with van der Waals surface area (Å²) in [5.41, 5.74) is 0. The summed E-state index contributed by atoms with van der Waals surface area (Å²) in [6.07, 6.45) is 4.65. The first kappa shape index (κ1) is 7.18. The maximum absolute atomic E-state index is 4.85. The van der Waals surface area contributed by atoms with Crippen LogP contribution in [0.15, 0.2) is 12.7 Å². The Bertz CT molecular complexity index is 76.1. The van der Waals surface area contributed by atoms with Crippen molar-refractivity contribution in [2.75, 3.05) is 6.26 Å². The second kappa shape index (κ2) is 4.34. The van der Waals surface area contributed by atoms with Gasteiger partial charge >= 0.3 is 0 Å². The van der Waals surface area contributed by atoms with E-state index in [4.69, 9.17) is 12.2 Å². The fourth-order valence-corrected chi connectivity index (χ4v) is 0.604. The number of allylic oxidation sites excluding steroid dienone is 1. The Morgan fingerprint density at radius 3 is 2.71 bits per heavy atom. The molecule has 0 aromatic rings. The molecule has 0 aliphatic rings. The Kier molecular flexibility index (Phi) is 4.45. The van der Waals surface area contributed by atoms with E-state index >= 15 is 0 Å². The molecular weight excluding hydrogens is 124 g/mol. The van der Waals surface area contributed by atoms with E-state index in [1.165, 1.54) is 0 Å². The van der Waals surface area contributed by atoms with E-state index in [0.717, 1.165) is 10.6 Å². The SMILES string of the molecule is C=CCC(=S)SC. The Morgan fingerprint density at radius 2 is 2.57 bits per heavy atom. The molecule has 0 unspecified atom stereocenters. The van der Waals surface area contributed by atoms with Gasteiger partial charge in [-0.1, -0.05) is 18.3 Å². The van der Waals surface area contributed by atoms with Crippen molar-refractivity contribution in [3.63, 3.8) is 0 Å². The summed E-state index contributed by atoms with van der Waals surface area (Å²) in [6.45, 7) is 3.55. The summed E-state index contributed by atoms with van der Waals surface area (Å²) in [4.78, 5) is 0. The molecule has 0 nitrogen and oxygen atoms in total. The third kappa shape index (κ3) is 4.02. The first-order valence-corrected chi connectivity index (χ1v) is 3.62. The van der Waals surface area contributed by atoms with Gasteiger partial charge in [-0.3, -0.25) is 0 Å². The standard InChI is InChI=1S/C5H8S2/c1-3-4-5(6)7-2/h3H,1,4H2,2H3. The maximum Gasteiger partial charge on any atom is 0.0513 e. The topological polar surface area (TPSA) is 0 Å². The van der Waals surface area contributed by atoms with Gasteiger partial charge in [0.05, 0.1) is 4.20 Å². The number of rotatable bonds is 2. The van der Waals surface area contributed by atoms with Gasteiger partial charge in [-0.05, 0) is 6.26 Å². The quantitative estimate of drug-likeness (QED) is 0.417. The first-order chi connectivity index (χ1) is 3.31. The van der Waals surface area contributed by atoms with Crippen molar-refractivity contribution in [2.45, 2.75) is 6.42 Å². The lowest BCUT2D eigenvalue weighted by Gasteiger charge is -1.87. The third-order valence-electron chi connectivity index (χ3n) is 0.539. The molecule has 0 saturated carbocycles. The van der Waals surface area contributed by atoms with Crippen LogP contribution < -0.4 is 0 Å². The first-order valence-electron chi connectivity index (χ1n) is 1.99. The van der Waals surface area contributed by atoms with E-state index < -0.39 is 0 Å². The monoisotopic (exact) mass is 132 g/mol. The fourth-order valence-electron chi connectivity index (χ4n) is 0.201. The van der Waals surface area contributed by atoms with Gasteiger partial charge in [0.25, 0.3) is 0 Å². The van der Waals surface area contributed by atoms with Gasteiger partial charge in [-0.2, -0.15) is 0 Å². The van der Waals surface area contributed by atoms with Crippen molar-refractivity contribution >= 4 is 28.2 Å². The van der Waals surface area contributed by atoms with Crippen molar-refractivity contribution in [1.29, 1.82) is 0 Å². The van der Waals surface area contributed by atoms with Crippen molar-refractivity contribution in [3.8, 4) is 0 Å². The van der Waals surface area contributed by atoms with Crippen LogP contribution >= 0.6 is 24.0 Å². The van der Waals surface area contributed by atoms with Gasteiger partial charge in [0.1, 0.15) is 0 Å². The van der Waals surface area contributed by atoms with Gasteiger partial charge in [0.2, 0.25) is 0 Å². The fraction of sp³-hybridized carbons (Fsp3) is 0.400. The normalized spacial score (nSPS) is 8.14. The van der Waals surface area contributed by atoms with Gasteiger partial charge < -0.3 is 0 Å². The van der Waals surface area contributed by atoms with Crippen LogP contribution in [-0.2, 0) is 0 Å². The zero-order valence-corrected chi connectivity index (χ0v) is 5.94. The molecular formula is C5H8S2. The third-order valence-corrected chi connectivity index (χ3v) is 1.83. The van der Waals surface area contributed by atoms with E-state index in [9.17, 15) is 0 Å². The van der Waals surface area contributed by atoms with Crippen LogP contribution in [0, 0.1) is 0 Å². The molecule has 0 heterocycles. The second-order valence-electron chi connectivity index (χ2n) is 1.07. The van der Waals surface area contributed by atoms with Crippen molar-refractivity contribution in [1.82, 2.24) is 0 Å². The molecule has 0 bridgehead atoms. The Morgan fingerprint density at radius 1 is 2.00 bits per heavy atom. The zero-order chi connectivity index (χ0) is 5.70. The molecule has 0 fully saturated rings. The molecule has 0 N–H and O–H groups in total. The van der Waals surface area contributed by atoms with Gasteiger partial charge in [0.15, 0.2) is 0 Å². The lowest BCUT2D eigenvalue weighted by molar-refractivity contribution is 1.59. The van der Waals surface area contributed by atoms with Crippen molar-refractivity contribution in [3.05, 3.63) is 12.7 Å². The van der Waals surface area contributed by atoms with Crippen LogP contribution in [-0.4, -0.2) is 10.5 Å².